The van der Waals surface area contributed by atoms with E-state index < -0.39 is 11.8 Å². The molecule has 0 spiro atoms. The van der Waals surface area contributed by atoms with Crippen LogP contribution in [0, 0.1) is 11.7 Å². The van der Waals surface area contributed by atoms with E-state index in [9.17, 15) is 14.0 Å². The lowest BCUT2D eigenvalue weighted by Crippen LogP contribution is -2.39. The Balaban J connectivity index is 1.60. The predicted octanol–water partition coefficient (Wildman–Crippen LogP) is 1.28. The van der Waals surface area contributed by atoms with E-state index in [2.05, 4.69) is 25.9 Å². The maximum Gasteiger partial charge on any atom is 0.272 e. The monoisotopic (exact) mass is 371 g/mol. The van der Waals surface area contributed by atoms with E-state index in [4.69, 9.17) is 0 Å². The molecule has 1 aliphatic heterocycles. The van der Waals surface area contributed by atoms with Crippen molar-refractivity contribution in [2.45, 2.75) is 19.4 Å². The van der Waals surface area contributed by atoms with Crippen LogP contribution >= 0.6 is 0 Å². The number of rotatable bonds is 6. The van der Waals surface area contributed by atoms with Crippen molar-refractivity contribution in [3.8, 4) is 0 Å². The van der Waals surface area contributed by atoms with Crippen LogP contribution in [0.5, 0.6) is 0 Å². The van der Waals surface area contributed by atoms with Gasteiger partial charge in [-0.1, -0.05) is 12.1 Å². The van der Waals surface area contributed by atoms with Crippen molar-refractivity contribution in [1.82, 2.24) is 25.9 Å². The molecule has 0 saturated carbocycles. The largest absolute Gasteiger partial charge is 0.350 e. The maximum atomic E-state index is 12.9. The molecule has 3 rings (SSSR count). The highest BCUT2D eigenvalue weighted by Crippen LogP contribution is 2.09. The second-order valence-electron chi connectivity index (χ2n) is 6.49. The standard InChI is InChI=1S/C19H22FN5O2/c20-15-5-3-13(4-6-15)11-24-18(26)16-17(23-9-8-22-16)19(27)25-12-14-2-1-7-21-10-14/h3-6,8-9,14,21H,1-2,7,10-12H2,(H,24,26)(H,25,27). The lowest BCUT2D eigenvalue weighted by atomic mass is 10.00. The molecule has 2 amide bonds. The average molecular weight is 371 g/mol. The maximum absolute atomic E-state index is 12.9. The highest BCUT2D eigenvalue weighted by Gasteiger charge is 2.21. The second-order valence-corrected chi connectivity index (χ2v) is 6.49. The first-order valence-electron chi connectivity index (χ1n) is 8.96. The molecule has 8 heteroatoms. The molecule has 7 nitrogen and oxygen atoms in total. The van der Waals surface area contributed by atoms with Gasteiger partial charge in [-0.2, -0.15) is 0 Å². The molecule has 1 aliphatic rings. The molecule has 142 valence electrons. The number of hydrogen-bond acceptors (Lipinski definition) is 5. The molecule has 1 aromatic heterocycles. The summed E-state index contributed by atoms with van der Waals surface area (Å²) < 4.78 is 12.9. The summed E-state index contributed by atoms with van der Waals surface area (Å²) in [6, 6.07) is 5.81. The van der Waals surface area contributed by atoms with Crippen LogP contribution in [0.15, 0.2) is 36.7 Å². The van der Waals surface area contributed by atoms with E-state index in [1.807, 2.05) is 0 Å². The van der Waals surface area contributed by atoms with Gasteiger partial charge in [-0.05, 0) is 49.5 Å². The Kier molecular flexibility index (Phi) is 6.43. The van der Waals surface area contributed by atoms with Crippen LogP contribution in [0.4, 0.5) is 4.39 Å². The van der Waals surface area contributed by atoms with Gasteiger partial charge in [0.1, 0.15) is 5.82 Å². The fourth-order valence-corrected chi connectivity index (χ4v) is 2.96. The van der Waals surface area contributed by atoms with Gasteiger partial charge in [0.25, 0.3) is 11.8 Å². The van der Waals surface area contributed by atoms with Gasteiger partial charge in [0.2, 0.25) is 0 Å². The van der Waals surface area contributed by atoms with E-state index in [-0.39, 0.29) is 23.7 Å². The molecule has 1 saturated heterocycles. The summed E-state index contributed by atoms with van der Waals surface area (Å²) in [4.78, 5) is 32.9. The molecule has 1 fully saturated rings. The van der Waals surface area contributed by atoms with E-state index in [1.54, 1.807) is 12.1 Å². The van der Waals surface area contributed by atoms with Gasteiger partial charge in [-0.3, -0.25) is 9.59 Å². The highest BCUT2D eigenvalue weighted by molar-refractivity contribution is 6.04. The molecule has 0 radical (unpaired) electrons. The summed E-state index contributed by atoms with van der Waals surface area (Å²) in [6.07, 6.45) is 4.89. The number of aromatic nitrogens is 2. The van der Waals surface area contributed by atoms with E-state index in [1.165, 1.54) is 24.5 Å². The van der Waals surface area contributed by atoms with Crippen molar-refractivity contribution < 1.29 is 14.0 Å². The fraction of sp³-hybridized carbons (Fsp3) is 0.368. The van der Waals surface area contributed by atoms with Crippen LogP contribution in [0.25, 0.3) is 0 Å². The molecule has 1 atom stereocenters. The summed E-state index contributed by atoms with van der Waals surface area (Å²) >= 11 is 0. The van der Waals surface area contributed by atoms with Crippen LogP contribution in [0.3, 0.4) is 0 Å². The second kappa shape index (κ2) is 9.18. The first-order valence-corrected chi connectivity index (χ1v) is 8.96. The molecule has 0 bridgehead atoms. The minimum absolute atomic E-state index is 0.00197. The van der Waals surface area contributed by atoms with Crippen molar-refractivity contribution in [3.63, 3.8) is 0 Å². The van der Waals surface area contributed by atoms with Crippen LogP contribution in [0.2, 0.25) is 0 Å². The number of nitrogens with one attached hydrogen (secondary N) is 3. The molecule has 1 aromatic carbocycles. The number of amides is 2. The number of nitrogens with zero attached hydrogens (tertiary/aromatic N) is 2. The minimum atomic E-state index is -0.503. The van der Waals surface area contributed by atoms with Crippen LogP contribution in [-0.4, -0.2) is 41.4 Å². The summed E-state index contributed by atoms with van der Waals surface area (Å²) in [5.41, 5.74) is 0.709. The van der Waals surface area contributed by atoms with Crippen LogP contribution in [-0.2, 0) is 6.54 Å². The van der Waals surface area contributed by atoms with Gasteiger partial charge < -0.3 is 16.0 Å². The lowest BCUT2D eigenvalue weighted by Gasteiger charge is -2.22. The van der Waals surface area contributed by atoms with Gasteiger partial charge >= 0.3 is 0 Å². The van der Waals surface area contributed by atoms with Crippen LogP contribution < -0.4 is 16.0 Å². The Hall–Kier alpha value is -2.87. The molecule has 27 heavy (non-hydrogen) atoms. The van der Waals surface area contributed by atoms with E-state index in [0.717, 1.165) is 31.5 Å². The Bertz CT molecular complexity index is 791. The van der Waals surface area contributed by atoms with Gasteiger partial charge in [0.15, 0.2) is 11.4 Å². The van der Waals surface area contributed by atoms with Crippen molar-refractivity contribution in [2.24, 2.45) is 5.92 Å². The van der Waals surface area contributed by atoms with Gasteiger partial charge in [-0.15, -0.1) is 0 Å². The molecular formula is C19H22FN5O2. The first kappa shape index (κ1) is 18.9. The number of carbonyl (C=O) groups excluding carboxylic acids is 2. The lowest BCUT2D eigenvalue weighted by molar-refractivity contribution is 0.0905. The number of piperidine rings is 1. The van der Waals surface area contributed by atoms with E-state index >= 15 is 0 Å². The number of hydrogen-bond donors (Lipinski definition) is 3. The highest BCUT2D eigenvalue weighted by atomic mass is 19.1. The molecule has 0 aliphatic carbocycles. The molecule has 3 N–H and O–H groups in total. The van der Waals surface area contributed by atoms with Crippen molar-refractivity contribution in [3.05, 3.63) is 59.4 Å². The van der Waals surface area contributed by atoms with Gasteiger partial charge in [0.05, 0.1) is 0 Å². The topological polar surface area (TPSA) is 96.0 Å². The Morgan fingerprint density at radius 2 is 1.74 bits per heavy atom. The number of benzene rings is 1. The summed E-state index contributed by atoms with van der Waals surface area (Å²) in [6.45, 7) is 2.60. The zero-order chi connectivity index (χ0) is 19.1. The van der Waals surface area contributed by atoms with Crippen molar-refractivity contribution in [1.29, 1.82) is 0 Å². The zero-order valence-electron chi connectivity index (χ0n) is 14.9. The SMILES string of the molecule is O=C(NCc1ccc(F)cc1)c1nccnc1C(=O)NCC1CCCNC1. The minimum Gasteiger partial charge on any atom is -0.350 e. The third-order valence-corrected chi connectivity index (χ3v) is 4.44. The average Bonchev–Trinajstić information content (AvgIpc) is 2.72. The Labute approximate surface area is 156 Å². The normalized spacial score (nSPS) is 16.6. The van der Waals surface area contributed by atoms with Gasteiger partial charge in [-0.25, -0.2) is 14.4 Å². The number of halogens is 1. The fourth-order valence-electron chi connectivity index (χ4n) is 2.96. The molecular weight excluding hydrogens is 349 g/mol. The Morgan fingerprint density at radius 1 is 1.07 bits per heavy atom. The number of carbonyl (C=O) groups is 2. The van der Waals surface area contributed by atoms with Crippen molar-refractivity contribution in [2.75, 3.05) is 19.6 Å². The predicted molar refractivity (Wildman–Crippen MR) is 97.5 cm³/mol. The third kappa shape index (κ3) is 5.30. The summed E-state index contributed by atoms with van der Waals surface area (Å²) in [5.74, 6) is -0.890. The molecule has 2 aromatic rings. The molecule has 2 heterocycles. The first-order chi connectivity index (χ1) is 13.1. The third-order valence-electron chi connectivity index (χ3n) is 4.44. The molecule has 1 unspecified atom stereocenters. The van der Waals surface area contributed by atoms with Gasteiger partial charge in [0, 0.05) is 25.5 Å². The van der Waals surface area contributed by atoms with E-state index in [0.29, 0.717) is 12.5 Å². The zero-order valence-corrected chi connectivity index (χ0v) is 14.9. The summed E-state index contributed by atoms with van der Waals surface area (Å²) in [7, 11) is 0. The summed E-state index contributed by atoms with van der Waals surface area (Å²) in [5, 5.41) is 8.82. The van der Waals surface area contributed by atoms with Crippen molar-refractivity contribution >= 4 is 11.8 Å². The van der Waals surface area contributed by atoms with Crippen LogP contribution in [0.1, 0.15) is 39.4 Å². The Morgan fingerprint density at radius 3 is 2.37 bits per heavy atom. The smallest absolute Gasteiger partial charge is 0.272 e. The quantitative estimate of drug-likeness (QED) is 0.711.